The minimum Gasteiger partial charge on any atom is -0.388 e. The summed E-state index contributed by atoms with van der Waals surface area (Å²) >= 11 is 3.40. The van der Waals surface area contributed by atoms with Crippen LogP contribution in [0, 0.1) is 6.92 Å². The largest absolute Gasteiger partial charge is 0.388 e. The summed E-state index contributed by atoms with van der Waals surface area (Å²) in [7, 11) is 0. The molecule has 2 amide bonds. The third-order valence-electron chi connectivity index (χ3n) is 3.27. The van der Waals surface area contributed by atoms with Crippen molar-refractivity contribution in [1.82, 2.24) is 5.32 Å². The van der Waals surface area contributed by atoms with Crippen LogP contribution in [-0.4, -0.2) is 23.3 Å². The van der Waals surface area contributed by atoms with Gasteiger partial charge in [0.15, 0.2) is 0 Å². The lowest BCUT2D eigenvalue weighted by atomic mass is 9.98. The van der Waals surface area contributed by atoms with Gasteiger partial charge in [0.05, 0.1) is 11.3 Å². The lowest BCUT2D eigenvalue weighted by Crippen LogP contribution is -2.43. The van der Waals surface area contributed by atoms with E-state index in [9.17, 15) is 9.90 Å². The second-order valence-electron chi connectivity index (χ2n) is 4.72. The number of nitrogens with one attached hydrogen (secondary N) is 2. The Kier molecular flexibility index (Phi) is 5.82. The molecule has 1 aromatic carbocycles. The van der Waals surface area contributed by atoms with Crippen LogP contribution in [0.3, 0.4) is 0 Å². The van der Waals surface area contributed by atoms with Crippen molar-refractivity contribution < 1.29 is 9.90 Å². The van der Waals surface area contributed by atoms with Crippen molar-refractivity contribution in [2.45, 2.75) is 39.2 Å². The summed E-state index contributed by atoms with van der Waals surface area (Å²) in [6.45, 7) is 6.03. The highest BCUT2D eigenvalue weighted by Gasteiger charge is 2.22. The summed E-state index contributed by atoms with van der Waals surface area (Å²) in [6, 6.07) is 5.38. The molecule has 0 bridgehead atoms. The molecule has 1 rings (SSSR count). The Bertz CT molecular complexity index is 445. The number of hydrogen-bond acceptors (Lipinski definition) is 2. The molecule has 0 fully saturated rings. The molecule has 0 aromatic heterocycles. The fraction of sp³-hybridized carbons (Fsp3) is 0.500. The smallest absolute Gasteiger partial charge is 0.319 e. The van der Waals surface area contributed by atoms with Crippen LogP contribution in [0.15, 0.2) is 22.7 Å². The van der Waals surface area contributed by atoms with Crippen LogP contribution >= 0.6 is 15.9 Å². The van der Waals surface area contributed by atoms with Crippen LogP contribution in [0.4, 0.5) is 10.5 Å². The zero-order chi connectivity index (χ0) is 14.5. The van der Waals surface area contributed by atoms with Crippen LogP contribution < -0.4 is 10.6 Å². The Morgan fingerprint density at radius 2 is 2.00 bits per heavy atom. The summed E-state index contributed by atoms with van der Waals surface area (Å²) in [5, 5.41) is 15.5. The molecule has 3 N–H and O–H groups in total. The molecule has 0 atom stereocenters. The Labute approximate surface area is 122 Å². The van der Waals surface area contributed by atoms with Crippen molar-refractivity contribution in [3.8, 4) is 0 Å². The minimum atomic E-state index is -0.831. The maximum Gasteiger partial charge on any atom is 0.319 e. The van der Waals surface area contributed by atoms with E-state index in [1.54, 1.807) is 0 Å². The van der Waals surface area contributed by atoms with Crippen LogP contribution in [-0.2, 0) is 0 Å². The maximum absolute atomic E-state index is 11.8. The second-order valence-corrected chi connectivity index (χ2v) is 5.58. The lowest BCUT2D eigenvalue weighted by molar-refractivity contribution is 0.0354. The average molecular weight is 329 g/mol. The van der Waals surface area contributed by atoms with Gasteiger partial charge in [-0.2, -0.15) is 0 Å². The number of carbonyl (C=O) groups is 1. The van der Waals surface area contributed by atoms with E-state index in [4.69, 9.17) is 0 Å². The zero-order valence-electron chi connectivity index (χ0n) is 11.6. The predicted octanol–water partition coefficient (Wildman–Crippen LogP) is 3.43. The number of hydrogen-bond donors (Lipinski definition) is 3. The monoisotopic (exact) mass is 328 g/mol. The van der Waals surface area contributed by atoms with E-state index in [-0.39, 0.29) is 12.6 Å². The van der Waals surface area contributed by atoms with Crippen molar-refractivity contribution >= 4 is 27.6 Å². The van der Waals surface area contributed by atoms with Gasteiger partial charge in [0.25, 0.3) is 0 Å². The number of carbonyl (C=O) groups excluding carboxylic acids is 1. The topological polar surface area (TPSA) is 61.4 Å². The van der Waals surface area contributed by atoms with E-state index in [1.807, 2.05) is 39.0 Å². The van der Waals surface area contributed by atoms with Gasteiger partial charge in [0.1, 0.15) is 0 Å². The molecular weight excluding hydrogens is 308 g/mol. The first-order valence-electron chi connectivity index (χ1n) is 6.43. The third kappa shape index (κ3) is 4.84. The Morgan fingerprint density at radius 3 is 2.53 bits per heavy atom. The van der Waals surface area contributed by atoms with Crippen molar-refractivity contribution in [3.63, 3.8) is 0 Å². The molecule has 0 saturated heterocycles. The summed E-state index contributed by atoms with van der Waals surface area (Å²) < 4.78 is 0.837. The molecule has 0 spiro atoms. The molecule has 0 aliphatic heterocycles. The van der Waals surface area contributed by atoms with Crippen molar-refractivity contribution in [2.24, 2.45) is 0 Å². The highest BCUT2D eigenvalue weighted by Crippen LogP contribution is 2.23. The lowest BCUT2D eigenvalue weighted by Gasteiger charge is -2.25. The first-order chi connectivity index (χ1) is 8.90. The fourth-order valence-corrected chi connectivity index (χ4v) is 2.23. The summed E-state index contributed by atoms with van der Waals surface area (Å²) in [6.07, 6.45) is 1.22. The number of amides is 2. The molecule has 19 heavy (non-hydrogen) atoms. The summed E-state index contributed by atoms with van der Waals surface area (Å²) in [4.78, 5) is 11.8. The number of halogens is 1. The van der Waals surface area contributed by atoms with Gasteiger partial charge in [-0.15, -0.1) is 0 Å². The van der Waals surface area contributed by atoms with Gasteiger partial charge in [-0.05, 0) is 53.4 Å². The van der Waals surface area contributed by atoms with E-state index >= 15 is 0 Å². The normalized spacial score (nSPS) is 11.2. The van der Waals surface area contributed by atoms with Gasteiger partial charge in [0, 0.05) is 11.0 Å². The Hall–Kier alpha value is -1.07. The van der Waals surface area contributed by atoms with Crippen molar-refractivity contribution in [3.05, 3.63) is 28.2 Å². The van der Waals surface area contributed by atoms with E-state index < -0.39 is 5.60 Å². The highest BCUT2D eigenvalue weighted by molar-refractivity contribution is 9.10. The molecule has 1 aromatic rings. The minimum absolute atomic E-state index is 0.245. The Morgan fingerprint density at radius 1 is 1.37 bits per heavy atom. The highest BCUT2D eigenvalue weighted by atomic mass is 79.9. The molecule has 0 aliphatic carbocycles. The quantitative estimate of drug-likeness (QED) is 0.775. The molecule has 0 aliphatic rings. The molecular formula is C14H21BrN2O2. The first-order valence-corrected chi connectivity index (χ1v) is 7.23. The van der Waals surface area contributed by atoms with Crippen LogP contribution in [0.5, 0.6) is 0 Å². The molecule has 4 nitrogen and oxygen atoms in total. The van der Waals surface area contributed by atoms with Gasteiger partial charge < -0.3 is 15.7 Å². The summed E-state index contributed by atoms with van der Waals surface area (Å²) in [5.74, 6) is 0. The van der Waals surface area contributed by atoms with Crippen LogP contribution in [0.2, 0.25) is 0 Å². The van der Waals surface area contributed by atoms with Crippen LogP contribution in [0.25, 0.3) is 0 Å². The number of rotatable bonds is 5. The number of urea groups is 1. The number of benzene rings is 1. The van der Waals surface area contributed by atoms with Gasteiger partial charge >= 0.3 is 6.03 Å². The molecule has 0 radical (unpaired) electrons. The second kappa shape index (κ2) is 6.91. The molecule has 0 heterocycles. The van der Waals surface area contributed by atoms with Crippen molar-refractivity contribution in [2.75, 3.05) is 11.9 Å². The standard InChI is InChI=1S/C14H21BrN2O2/c1-4-14(19,5-2)9-16-13(18)17-12-7-6-10(3)8-11(12)15/h6-8,19H,4-5,9H2,1-3H3,(H2,16,17,18). The third-order valence-corrected chi connectivity index (χ3v) is 3.92. The zero-order valence-corrected chi connectivity index (χ0v) is 13.2. The average Bonchev–Trinajstić information content (AvgIpc) is 2.39. The van der Waals surface area contributed by atoms with E-state index in [2.05, 4.69) is 26.6 Å². The number of anilines is 1. The van der Waals surface area contributed by atoms with Crippen molar-refractivity contribution in [1.29, 1.82) is 0 Å². The number of aryl methyl sites for hydroxylation is 1. The van der Waals surface area contributed by atoms with Crippen LogP contribution in [0.1, 0.15) is 32.3 Å². The molecule has 0 unspecified atom stereocenters. The predicted molar refractivity (Wildman–Crippen MR) is 81.4 cm³/mol. The molecule has 106 valence electrons. The van der Waals surface area contributed by atoms with Gasteiger partial charge in [-0.25, -0.2) is 4.79 Å². The molecule has 5 heteroatoms. The van der Waals surface area contributed by atoms with E-state index in [0.29, 0.717) is 18.5 Å². The van der Waals surface area contributed by atoms with E-state index in [0.717, 1.165) is 10.0 Å². The van der Waals surface area contributed by atoms with E-state index in [1.165, 1.54) is 0 Å². The number of aliphatic hydroxyl groups is 1. The molecule has 0 saturated carbocycles. The van der Waals surface area contributed by atoms with Gasteiger partial charge in [-0.3, -0.25) is 0 Å². The summed E-state index contributed by atoms with van der Waals surface area (Å²) in [5.41, 5.74) is 0.991. The SMILES string of the molecule is CCC(O)(CC)CNC(=O)Nc1ccc(C)cc1Br. The van der Waals surface area contributed by atoms with Gasteiger partial charge in [0.2, 0.25) is 0 Å². The fourth-order valence-electron chi connectivity index (χ4n) is 1.63. The maximum atomic E-state index is 11.8. The van der Waals surface area contributed by atoms with Gasteiger partial charge in [-0.1, -0.05) is 19.9 Å². The first kappa shape index (κ1) is 16.0. The Balaban J connectivity index is 2.56.